The molecule has 1 radical (unpaired) electrons. The van der Waals surface area contributed by atoms with Crippen LogP contribution in [-0.4, -0.2) is 17.2 Å². The fraction of sp³-hybridized carbons (Fsp3) is 0.125. The number of aromatic nitrogens is 2. The second kappa shape index (κ2) is 2.27. The van der Waals surface area contributed by atoms with E-state index < -0.39 is 0 Å². The summed E-state index contributed by atoms with van der Waals surface area (Å²) in [6, 6.07) is 8.71. The lowest BCUT2D eigenvalue weighted by molar-refractivity contribution is 1.11. The summed E-state index contributed by atoms with van der Waals surface area (Å²) in [6.07, 6.45) is 0. The zero-order chi connectivity index (χ0) is 7.68. The Morgan fingerprint density at radius 2 is 2.55 bits per heavy atom. The minimum Gasteiger partial charge on any atom is -0.371 e. The molecule has 0 aliphatic heterocycles. The van der Waals surface area contributed by atoms with Crippen molar-refractivity contribution in [3.05, 3.63) is 24.3 Å². The number of benzene rings is 1. The van der Waals surface area contributed by atoms with Crippen LogP contribution in [0.2, 0.25) is 0 Å². The minimum atomic E-state index is 0.872. The van der Waals surface area contributed by atoms with Crippen LogP contribution in [0.3, 0.4) is 0 Å². The van der Waals surface area contributed by atoms with Gasteiger partial charge in [-0.3, -0.25) is 5.10 Å². The number of rotatable bonds is 1. The number of nitrogens with zero attached hydrogens (tertiary/aromatic N) is 1. The molecule has 0 saturated carbocycles. The molecule has 0 spiro atoms. The molecule has 1 aromatic carbocycles. The molecule has 0 fully saturated rings. The van der Waals surface area contributed by atoms with E-state index >= 15 is 0 Å². The Morgan fingerprint density at radius 3 is 3.36 bits per heavy atom. The van der Waals surface area contributed by atoms with Gasteiger partial charge in [-0.25, -0.2) is 0 Å². The number of H-pyrrole nitrogens is 1. The van der Waals surface area contributed by atoms with Crippen LogP contribution in [0.25, 0.3) is 10.9 Å². The van der Waals surface area contributed by atoms with Crippen LogP contribution >= 0.6 is 0 Å². The van der Waals surface area contributed by atoms with Crippen LogP contribution < -0.4 is 5.32 Å². The van der Waals surface area contributed by atoms with Gasteiger partial charge < -0.3 is 5.32 Å². The third-order valence-corrected chi connectivity index (χ3v) is 1.64. The molecule has 0 aliphatic rings. The molecule has 2 N–H and O–H groups in total. The third kappa shape index (κ3) is 0.852. The van der Waals surface area contributed by atoms with E-state index in [0.29, 0.717) is 0 Å². The van der Waals surface area contributed by atoms with Crippen molar-refractivity contribution in [2.24, 2.45) is 0 Å². The van der Waals surface area contributed by atoms with Gasteiger partial charge in [0.2, 0.25) is 0 Å². The van der Waals surface area contributed by atoms with Gasteiger partial charge in [0.25, 0.3) is 0 Å². The van der Waals surface area contributed by atoms with Gasteiger partial charge >= 0.3 is 0 Å². The van der Waals surface area contributed by atoms with Crippen LogP contribution in [0.5, 0.6) is 0 Å². The second-order valence-electron chi connectivity index (χ2n) is 2.29. The summed E-state index contributed by atoms with van der Waals surface area (Å²) in [7, 11) is 1.85. The predicted octanol–water partition coefficient (Wildman–Crippen LogP) is 1.40. The topological polar surface area (TPSA) is 40.7 Å². The van der Waals surface area contributed by atoms with Crippen LogP contribution in [0.4, 0.5) is 5.82 Å². The molecule has 55 valence electrons. The summed E-state index contributed by atoms with van der Waals surface area (Å²) in [6.45, 7) is 0. The second-order valence-corrected chi connectivity index (χ2v) is 2.29. The van der Waals surface area contributed by atoms with Crippen LogP contribution in [0, 0.1) is 6.07 Å². The van der Waals surface area contributed by atoms with Crippen LogP contribution in [0.1, 0.15) is 0 Å². The molecule has 3 nitrogen and oxygen atoms in total. The number of nitrogens with one attached hydrogen (secondary N) is 2. The first-order valence-corrected chi connectivity index (χ1v) is 3.44. The van der Waals surface area contributed by atoms with Crippen molar-refractivity contribution in [1.29, 1.82) is 0 Å². The zero-order valence-electron chi connectivity index (χ0n) is 6.18. The third-order valence-electron chi connectivity index (χ3n) is 1.64. The number of hydrogen-bond donors (Lipinski definition) is 2. The molecule has 0 bridgehead atoms. The van der Waals surface area contributed by atoms with Gasteiger partial charge in [-0.1, -0.05) is 6.07 Å². The van der Waals surface area contributed by atoms with Crippen molar-refractivity contribution in [3.8, 4) is 0 Å². The van der Waals surface area contributed by atoms with E-state index in [2.05, 4.69) is 21.6 Å². The highest BCUT2D eigenvalue weighted by Gasteiger charge is 1.99. The standard InChI is InChI=1S/C8H8N3/c1-9-8-6-4-2-3-5-7(6)10-11-8/h3-5H,1H3,(H2,9,10,11). The summed E-state index contributed by atoms with van der Waals surface area (Å²) in [5, 5.41) is 11.0. The summed E-state index contributed by atoms with van der Waals surface area (Å²) in [5.41, 5.74) is 1.04. The SMILES string of the molecule is CNc1n[nH]c2cc[c]cc12. The molecule has 0 unspecified atom stereocenters. The molecule has 11 heavy (non-hydrogen) atoms. The van der Waals surface area contributed by atoms with Crippen molar-refractivity contribution in [2.45, 2.75) is 0 Å². The monoisotopic (exact) mass is 146 g/mol. The highest BCUT2D eigenvalue weighted by molar-refractivity contribution is 5.89. The van der Waals surface area contributed by atoms with Gasteiger partial charge in [-0.05, 0) is 18.2 Å². The van der Waals surface area contributed by atoms with E-state index in [-0.39, 0.29) is 0 Å². The number of aromatic amines is 1. The lowest BCUT2D eigenvalue weighted by atomic mass is 10.2. The Balaban J connectivity index is 2.76. The van der Waals surface area contributed by atoms with E-state index in [0.717, 1.165) is 16.7 Å². The summed E-state index contributed by atoms with van der Waals surface area (Å²) < 4.78 is 0. The van der Waals surface area contributed by atoms with Crippen molar-refractivity contribution in [3.63, 3.8) is 0 Å². The Hall–Kier alpha value is -1.51. The Kier molecular flexibility index (Phi) is 1.28. The number of fused-ring (bicyclic) bond motifs is 1. The highest BCUT2D eigenvalue weighted by atomic mass is 15.2. The van der Waals surface area contributed by atoms with Crippen molar-refractivity contribution < 1.29 is 0 Å². The maximum atomic E-state index is 4.06. The van der Waals surface area contributed by atoms with Crippen molar-refractivity contribution in [1.82, 2.24) is 10.2 Å². The van der Waals surface area contributed by atoms with Crippen LogP contribution in [-0.2, 0) is 0 Å². The summed E-state index contributed by atoms with van der Waals surface area (Å²) in [5.74, 6) is 0.872. The van der Waals surface area contributed by atoms with Gasteiger partial charge in [0, 0.05) is 12.4 Å². The highest BCUT2D eigenvalue weighted by Crippen LogP contribution is 2.17. The van der Waals surface area contributed by atoms with Gasteiger partial charge in [0.15, 0.2) is 5.82 Å². The smallest absolute Gasteiger partial charge is 0.155 e. The zero-order valence-corrected chi connectivity index (χ0v) is 6.18. The summed E-state index contributed by atoms with van der Waals surface area (Å²) in [4.78, 5) is 0. The van der Waals surface area contributed by atoms with Crippen LogP contribution in [0.15, 0.2) is 18.2 Å². The fourth-order valence-electron chi connectivity index (χ4n) is 1.09. The predicted molar refractivity (Wildman–Crippen MR) is 44.5 cm³/mol. The molecular weight excluding hydrogens is 138 g/mol. The normalized spacial score (nSPS) is 10.3. The quantitative estimate of drug-likeness (QED) is 0.638. The lowest BCUT2D eigenvalue weighted by Crippen LogP contribution is -1.87. The largest absolute Gasteiger partial charge is 0.371 e. The molecule has 3 heteroatoms. The molecule has 0 amide bonds. The first-order valence-electron chi connectivity index (χ1n) is 3.44. The van der Waals surface area contributed by atoms with Gasteiger partial charge in [0.05, 0.1) is 5.52 Å². The lowest BCUT2D eigenvalue weighted by Gasteiger charge is -1.91. The Bertz CT molecular complexity index is 364. The Morgan fingerprint density at radius 1 is 1.64 bits per heavy atom. The molecule has 2 rings (SSSR count). The first-order chi connectivity index (χ1) is 5.42. The number of anilines is 1. The van der Waals surface area contributed by atoms with E-state index in [1.807, 2.05) is 25.2 Å². The number of hydrogen-bond acceptors (Lipinski definition) is 2. The molecule has 0 atom stereocenters. The van der Waals surface area contributed by atoms with Crippen molar-refractivity contribution >= 4 is 16.7 Å². The van der Waals surface area contributed by atoms with Gasteiger partial charge in [0.1, 0.15) is 0 Å². The molecule has 2 aromatic rings. The van der Waals surface area contributed by atoms with E-state index in [9.17, 15) is 0 Å². The average molecular weight is 146 g/mol. The average Bonchev–Trinajstić information content (AvgIpc) is 2.47. The molecule has 1 heterocycles. The van der Waals surface area contributed by atoms with Gasteiger partial charge in [-0.15, -0.1) is 0 Å². The van der Waals surface area contributed by atoms with E-state index in [1.54, 1.807) is 0 Å². The summed E-state index contributed by atoms with van der Waals surface area (Å²) >= 11 is 0. The van der Waals surface area contributed by atoms with E-state index in [1.165, 1.54) is 0 Å². The molecular formula is C8H8N3. The minimum absolute atomic E-state index is 0.872. The van der Waals surface area contributed by atoms with Crippen molar-refractivity contribution in [2.75, 3.05) is 12.4 Å². The fourth-order valence-corrected chi connectivity index (χ4v) is 1.09. The Labute approximate surface area is 64.4 Å². The van der Waals surface area contributed by atoms with Gasteiger partial charge in [-0.2, -0.15) is 5.10 Å². The maximum Gasteiger partial charge on any atom is 0.155 e. The molecule has 1 aromatic heterocycles. The molecule has 0 saturated heterocycles. The molecule has 0 aliphatic carbocycles. The maximum absolute atomic E-state index is 4.06. The van der Waals surface area contributed by atoms with E-state index in [4.69, 9.17) is 0 Å². The first kappa shape index (κ1) is 6.22.